The SMILES string of the molecule is CSc1ncc(-c2ccc(S(=O)(=O)Nc3cccc(C(=O)O)c3)s2)cn1. The summed E-state index contributed by atoms with van der Waals surface area (Å²) >= 11 is 2.50. The van der Waals surface area contributed by atoms with E-state index in [-0.39, 0.29) is 15.5 Å². The lowest BCUT2D eigenvalue weighted by molar-refractivity contribution is 0.0697. The number of sulfonamides is 1. The van der Waals surface area contributed by atoms with E-state index in [0.29, 0.717) is 5.16 Å². The molecule has 10 heteroatoms. The first-order valence-electron chi connectivity index (χ1n) is 7.21. The number of thioether (sulfide) groups is 1. The Morgan fingerprint density at radius 3 is 2.58 bits per heavy atom. The van der Waals surface area contributed by atoms with Crippen molar-refractivity contribution in [3.8, 4) is 10.4 Å². The van der Waals surface area contributed by atoms with Crippen molar-refractivity contribution in [1.29, 1.82) is 0 Å². The van der Waals surface area contributed by atoms with Crippen LogP contribution in [0.5, 0.6) is 0 Å². The van der Waals surface area contributed by atoms with Crippen LogP contribution in [0.3, 0.4) is 0 Å². The average molecular weight is 407 g/mol. The number of anilines is 1. The summed E-state index contributed by atoms with van der Waals surface area (Å²) in [6.07, 6.45) is 5.16. The van der Waals surface area contributed by atoms with Crippen LogP contribution in [0.1, 0.15) is 10.4 Å². The Labute approximate surface area is 158 Å². The first kappa shape index (κ1) is 18.4. The van der Waals surface area contributed by atoms with Crippen LogP contribution in [0.15, 0.2) is 58.2 Å². The maximum atomic E-state index is 12.5. The van der Waals surface area contributed by atoms with Crippen molar-refractivity contribution in [2.75, 3.05) is 11.0 Å². The molecule has 0 radical (unpaired) electrons. The second kappa shape index (κ2) is 7.44. The highest BCUT2D eigenvalue weighted by molar-refractivity contribution is 7.98. The lowest BCUT2D eigenvalue weighted by atomic mass is 10.2. The molecule has 2 N–H and O–H groups in total. The summed E-state index contributed by atoms with van der Waals surface area (Å²) in [5.74, 6) is -1.13. The molecule has 134 valence electrons. The number of aromatic nitrogens is 2. The topological polar surface area (TPSA) is 109 Å². The van der Waals surface area contributed by atoms with Gasteiger partial charge in [0.1, 0.15) is 4.21 Å². The van der Waals surface area contributed by atoms with Gasteiger partial charge in [-0.2, -0.15) is 0 Å². The molecule has 0 saturated carbocycles. The smallest absolute Gasteiger partial charge is 0.335 e. The molecule has 2 heterocycles. The van der Waals surface area contributed by atoms with Gasteiger partial charge in [-0.05, 0) is 36.6 Å². The molecule has 26 heavy (non-hydrogen) atoms. The van der Waals surface area contributed by atoms with Crippen molar-refractivity contribution in [3.63, 3.8) is 0 Å². The van der Waals surface area contributed by atoms with E-state index in [2.05, 4.69) is 14.7 Å². The maximum absolute atomic E-state index is 12.5. The molecule has 3 aromatic rings. The van der Waals surface area contributed by atoms with Gasteiger partial charge in [0, 0.05) is 28.5 Å². The molecule has 0 aliphatic heterocycles. The van der Waals surface area contributed by atoms with Crippen molar-refractivity contribution in [1.82, 2.24) is 9.97 Å². The molecule has 0 unspecified atom stereocenters. The number of nitrogens with zero attached hydrogens (tertiary/aromatic N) is 2. The number of thiophene rings is 1. The third-order valence-corrected chi connectivity index (χ3v) is 6.89. The van der Waals surface area contributed by atoms with E-state index in [4.69, 9.17) is 5.11 Å². The van der Waals surface area contributed by atoms with Crippen LogP contribution in [0.2, 0.25) is 0 Å². The fourth-order valence-corrected chi connectivity index (χ4v) is 4.74. The van der Waals surface area contributed by atoms with Crippen LogP contribution in [0.25, 0.3) is 10.4 Å². The van der Waals surface area contributed by atoms with Gasteiger partial charge in [-0.3, -0.25) is 4.72 Å². The number of carboxylic acids is 1. The highest BCUT2D eigenvalue weighted by Crippen LogP contribution is 2.31. The van der Waals surface area contributed by atoms with Crippen LogP contribution in [-0.4, -0.2) is 35.7 Å². The Kier molecular flexibility index (Phi) is 5.25. The number of hydrogen-bond acceptors (Lipinski definition) is 7. The lowest BCUT2D eigenvalue weighted by Gasteiger charge is -2.06. The standard InChI is InChI=1S/C16H13N3O4S3/c1-24-16-17-8-11(9-18-16)13-5-6-14(25-13)26(22,23)19-12-4-2-3-10(7-12)15(20)21/h2-9,19H,1H3,(H,20,21). The molecule has 0 fully saturated rings. The molecule has 3 rings (SSSR count). The van der Waals surface area contributed by atoms with Gasteiger partial charge < -0.3 is 5.11 Å². The van der Waals surface area contributed by atoms with Crippen LogP contribution in [0, 0.1) is 0 Å². The van der Waals surface area contributed by atoms with Crippen LogP contribution < -0.4 is 4.72 Å². The summed E-state index contributed by atoms with van der Waals surface area (Å²) in [6, 6.07) is 8.81. The summed E-state index contributed by atoms with van der Waals surface area (Å²) < 4.78 is 27.6. The number of nitrogens with one attached hydrogen (secondary N) is 1. The number of benzene rings is 1. The Morgan fingerprint density at radius 1 is 1.19 bits per heavy atom. The molecule has 2 aromatic heterocycles. The fourth-order valence-electron chi connectivity index (χ4n) is 2.09. The molecule has 0 amide bonds. The van der Waals surface area contributed by atoms with Crippen LogP contribution >= 0.6 is 23.1 Å². The number of carbonyl (C=O) groups is 1. The molecule has 0 aliphatic rings. The van der Waals surface area contributed by atoms with E-state index in [1.807, 2.05) is 6.26 Å². The first-order chi connectivity index (χ1) is 12.4. The zero-order valence-corrected chi connectivity index (χ0v) is 15.9. The number of carboxylic acid groups (broad SMARTS) is 1. The van der Waals surface area contributed by atoms with Gasteiger partial charge in [0.25, 0.3) is 10.0 Å². The average Bonchev–Trinajstić information content (AvgIpc) is 3.13. The molecular formula is C16H13N3O4S3. The van der Waals surface area contributed by atoms with E-state index >= 15 is 0 Å². The van der Waals surface area contributed by atoms with Crippen molar-refractivity contribution in [2.24, 2.45) is 0 Å². The largest absolute Gasteiger partial charge is 0.478 e. The van der Waals surface area contributed by atoms with Gasteiger partial charge >= 0.3 is 5.97 Å². The Morgan fingerprint density at radius 2 is 1.92 bits per heavy atom. The summed E-state index contributed by atoms with van der Waals surface area (Å²) in [5, 5.41) is 9.64. The van der Waals surface area contributed by atoms with Crippen LogP contribution in [0.4, 0.5) is 5.69 Å². The molecule has 0 bridgehead atoms. The Hall–Kier alpha value is -2.43. The lowest BCUT2D eigenvalue weighted by Crippen LogP contribution is -2.12. The minimum Gasteiger partial charge on any atom is -0.478 e. The van der Waals surface area contributed by atoms with Gasteiger partial charge in [0.05, 0.1) is 5.56 Å². The highest BCUT2D eigenvalue weighted by atomic mass is 32.2. The zero-order valence-electron chi connectivity index (χ0n) is 13.4. The van der Waals surface area contributed by atoms with Crippen molar-refractivity contribution in [3.05, 3.63) is 54.4 Å². The summed E-state index contributed by atoms with van der Waals surface area (Å²) in [5.41, 5.74) is 0.915. The summed E-state index contributed by atoms with van der Waals surface area (Å²) in [4.78, 5) is 20.1. The normalized spacial score (nSPS) is 11.3. The van der Waals surface area contributed by atoms with E-state index in [1.165, 1.54) is 42.1 Å². The molecule has 0 spiro atoms. The first-order valence-corrected chi connectivity index (χ1v) is 10.7. The number of aromatic carboxylic acids is 1. The highest BCUT2D eigenvalue weighted by Gasteiger charge is 2.18. The summed E-state index contributed by atoms with van der Waals surface area (Å²) in [6.45, 7) is 0. The second-order valence-corrected chi connectivity index (χ2v) is 8.83. The monoisotopic (exact) mass is 407 g/mol. The van der Waals surface area contributed by atoms with Crippen LogP contribution in [-0.2, 0) is 10.0 Å². The molecule has 7 nitrogen and oxygen atoms in total. The molecule has 0 saturated heterocycles. The Balaban J connectivity index is 1.85. The van der Waals surface area contributed by atoms with E-state index in [9.17, 15) is 13.2 Å². The second-order valence-electron chi connectivity index (χ2n) is 5.07. The minimum atomic E-state index is -3.83. The van der Waals surface area contributed by atoms with Crippen molar-refractivity contribution < 1.29 is 18.3 Å². The Bertz CT molecular complexity index is 1050. The van der Waals surface area contributed by atoms with Gasteiger partial charge in [0.2, 0.25) is 0 Å². The fraction of sp³-hybridized carbons (Fsp3) is 0.0625. The quantitative estimate of drug-likeness (QED) is 0.476. The van der Waals surface area contributed by atoms with Crippen molar-refractivity contribution >= 4 is 44.8 Å². The third kappa shape index (κ3) is 4.03. The van der Waals surface area contributed by atoms with Gasteiger partial charge in [-0.25, -0.2) is 23.2 Å². The maximum Gasteiger partial charge on any atom is 0.335 e. The van der Waals surface area contributed by atoms with Gasteiger partial charge in [-0.15, -0.1) is 11.3 Å². The molecule has 0 atom stereocenters. The van der Waals surface area contributed by atoms with Gasteiger partial charge in [0.15, 0.2) is 5.16 Å². The van der Waals surface area contributed by atoms with E-state index < -0.39 is 16.0 Å². The predicted molar refractivity (Wildman–Crippen MR) is 101 cm³/mol. The molecular weight excluding hydrogens is 394 g/mol. The van der Waals surface area contributed by atoms with E-state index in [1.54, 1.807) is 18.5 Å². The number of hydrogen-bond donors (Lipinski definition) is 2. The molecule has 0 aliphatic carbocycles. The van der Waals surface area contributed by atoms with Crippen molar-refractivity contribution in [2.45, 2.75) is 9.37 Å². The van der Waals surface area contributed by atoms with Gasteiger partial charge in [-0.1, -0.05) is 17.8 Å². The third-order valence-electron chi connectivity index (χ3n) is 3.30. The minimum absolute atomic E-state index is 0.00287. The number of rotatable bonds is 6. The predicted octanol–water partition coefficient (Wildman–Crippen LogP) is 3.43. The molecule has 1 aromatic carbocycles. The zero-order chi connectivity index (χ0) is 18.7. The van der Waals surface area contributed by atoms with E-state index in [0.717, 1.165) is 21.8 Å². The summed E-state index contributed by atoms with van der Waals surface area (Å²) in [7, 11) is -3.83.